The summed E-state index contributed by atoms with van der Waals surface area (Å²) in [6, 6.07) is 12.0. The molecule has 0 spiro atoms. The number of amides is 1. The van der Waals surface area contributed by atoms with Crippen LogP contribution in [-0.4, -0.2) is 15.9 Å². The van der Waals surface area contributed by atoms with E-state index in [-0.39, 0.29) is 5.91 Å². The number of nitrogens with one attached hydrogen (secondary N) is 1. The molecule has 1 aliphatic rings. The van der Waals surface area contributed by atoms with Gasteiger partial charge in [0.05, 0.1) is 12.1 Å². The fraction of sp³-hybridized carbons (Fsp3) is 0.176. The van der Waals surface area contributed by atoms with Crippen LogP contribution in [0.3, 0.4) is 0 Å². The summed E-state index contributed by atoms with van der Waals surface area (Å²) >= 11 is 0. The Morgan fingerprint density at radius 1 is 1.14 bits per heavy atom. The molecule has 1 aliphatic heterocycles. The molecule has 1 aromatic carbocycles. The number of benzene rings is 1. The highest BCUT2D eigenvalue weighted by molar-refractivity contribution is 6.04. The molecule has 0 unspecified atom stereocenters. The van der Waals surface area contributed by atoms with Crippen LogP contribution in [0.2, 0.25) is 0 Å². The molecule has 1 N–H and O–H groups in total. The van der Waals surface area contributed by atoms with Crippen molar-refractivity contribution in [2.75, 3.05) is 4.90 Å². The van der Waals surface area contributed by atoms with Crippen LogP contribution in [0.4, 0.5) is 5.82 Å². The van der Waals surface area contributed by atoms with Gasteiger partial charge in [-0.2, -0.15) is 0 Å². The second kappa shape index (κ2) is 4.74. The zero-order valence-electron chi connectivity index (χ0n) is 11.5. The molecule has 0 aliphatic carbocycles. The van der Waals surface area contributed by atoms with Crippen molar-refractivity contribution in [2.24, 2.45) is 0 Å². The molecule has 0 fully saturated rings. The molecule has 0 bridgehead atoms. The van der Waals surface area contributed by atoms with E-state index < -0.39 is 0 Å². The quantitative estimate of drug-likeness (QED) is 0.782. The van der Waals surface area contributed by atoms with Crippen molar-refractivity contribution in [3.8, 4) is 0 Å². The topological polar surface area (TPSA) is 49.0 Å². The first-order chi connectivity index (χ1) is 10.3. The molecule has 104 valence electrons. The molecule has 0 saturated heterocycles. The molecule has 3 heterocycles. The fourth-order valence-corrected chi connectivity index (χ4v) is 2.95. The van der Waals surface area contributed by atoms with Crippen LogP contribution in [0.15, 0.2) is 48.8 Å². The summed E-state index contributed by atoms with van der Waals surface area (Å²) < 4.78 is 0. The van der Waals surface area contributed by atoms with Crippen molar-refractivity contribution in [3.05, 3.63) is 59.9 Å². The molecule has 4 heteroatoms. The number of aromatic amines is 1. The van der Waals surface area contributed by atoms with Gasteiger partial charge in [-0.15, -0.1) is 0 Å². The predicted octanol–water partition coefficient (Wildman–Crippen LogP) is 3.04. The van der Waals surface area contributed by atoms with E-state index in [1.165, 1.54) is 5.56 Å². The molecule has 0 saturated carbocycles. The van der Waals surface area contributed by atoms with E-state index in [4.69, 9.17) is 0 Å². The zero-order valence-corrected chi connectivity index (χ0v) is 11.5. The van der Waals surface area contributed by atoms with Crippen LogP contribution >= 0.6 is 0 Å². The average Bonchev–Trinajstić information content (AvgIpc) is 2.89. The second-order valence-electron chi connectivity index (χ2n) is 5.34. The van der Waals surface area contributed by atoms with Gasteiger partial charge in [0.2, 0.25) is 5.91 Å². The van der Waals surface area contributed by atoms with Gasteiger partial charge in [-0.05, 0) is 23.6 Å². The van der Waals surface area contributed by atoms with Crippen LogP contribution in [0, 0.1) is 0 Å². The lowest BCUT2D eigenvalue weighted by Gasteiger charge is -2.21. The maximum atomic E-state index is 12.5. The Labute approximate surface area is 122 Å². The molecule has 0 radical (unpaired) electrons. The maximum Gasteiger partial charge on any atom is 0.228 e. The number of hydrogen-bond donors (Lipinski definition) is 1. The summed E-state index contributed by atoms with van der Waals surface area (Å²) in [5.74, 6) is 0.908. The Hall–Kier alpha value is -2.62. The van der Waals surface area contributed by atoms with Gasteiger partial charge < -0.3 is 4.98 Å². The van der Waals surface area contributed by atoms with Gasteiger partial charge in [0.15, 0.2) is 0 Å². The number of anilines is 1. The van der Waals surface area contributed by atoms with Crippen molar-refractivity contribution in [3.63, 3.8) is 0 Å². The van der Waals surface area contributed by atoms with Gasteiger partial charge >= 0.3 is 0 Å². The van der Waals surface area contributed by atoms with E-state index in [0.717, 1.165) is 28.7 Å². The van der Waals surface area contributed by atoms with E-state index in [2.05, 4.69) is 9.97 Å². The summed E-state index contributed by atoms with van der Waals surface area (Å²) in [5.41, 5.74) is 3.34. The number of carbonyl (C=O) groups is 1. The van der Waals surface area contributed by atoms with E-state index >= 15 is 0 Å². The number of hydrogen-bond acceptors (Lipinski definition) is 2. The minimum absolute atomic E-state index is 0.134. The van der Waals surface area contributed by atoms with Crippen LogP contribution in [0.25, 0.3) is 10.9 Å². The lowest BCUT2D eigenvalue weighted by molar-refractivity contribution is -0.118. The highest BCUT2D eigenvalue weighted by atomic mass is 16.2. The minimum atomic E-state index is 0.134. The summed E-state index contributed by atoms with van der Waals surface area (Å²) in [4.78, 5) is 22.1. The van der Waals surface area contributed by atoms with E-state index in [9.17, 15) is 4.79 Å². The van der Waals surface area contributed by atoms with Gasteiger partial charge in [-0.25, -0.2) is 4.98 Å². The van der Waals surface area contributed by atoms with Crippen molar-refractivity contribution in [2.45, 2.75) is 19.4 Å². The van der Waals surface area contributed by atoms with Crippen LogP contribution in [0.5, 0.6) is 0 Å². The first-order valence-electron chi connectivity index (χ1n) is 7.12. The van der Waals surface area contributed by atoms with E-state index in [0.29, 0.717) is 13.0 Å². The highest BCUT2D eigenvalue weighted by Gasteiger charge is 2.25. The Kier molecular flexibility index (Phi) is 2.74. The van der Waals surface area contributed by atoms with Gasteiger partial charge in [-0.1, -0.05) is 30.3 Å². The standard InChI is InChI=1S/C17H15N3O/c21-15-7-6-13-10-19-14-8-9-18-17(16(13)14)20(15)11-12-4-2-1-3-5-12/h1-5,8-10,19H,6-7,11H2. The molecule has 1 amide bonds. The second-order valence-corrected chi connectivity index (χ2v) is 5.34. The molecule has 21 heavy (non-hydrogen) atoms. The molecule has 0 atom stereocenters. The summed E-state index contributed by atoms with van der Waals surface area (Å²) in [6.45, 7) is 0.566. The maximum absolute atomic E-state index is 12.5. The summed E-state index contributed by atoms with van der Waals surface area (Å²) in [7, 11) is 0. The van der Waals surface area contributed by atoms with Crippen molar-refractivity contribution in [1.82, 2.24) is 9.97 Å². The number of H-pyrrole nitrogens is 1. The molecule has 4 rings (SSSR count). The number of carbonyl (C=O) groups excluding carboxylic acids is 1. The number of aromatic nitrogens is 2. The van der Waals surface area contributed by atoms with Gasteiger partial charge in [-0.3, -0.25) is 9.69 Å². The SMILES string of the molecule is O=C1CCc2c[nH]c3ccnc(c23)N1Cc1ccccc1. The van der Waals surface area contributed by atoms with Crippen molar-refractivity contribution in [1.29, 1.82) is 0 Å². The number of pyridine rings is 1. The zero-order chi connectivity index (χ0) is 14.2. The Balaban J connectivity index is 1.84. The highest BCUT2D eigenvalue weighted by Crippen LogP contribution is 2.32. The monoisotopic (exact) mass is 277 g/mol. The Morgan fingerprint density at radius 2 is 2.00 bits per heavy atom. The largest absolute Gasteiger partial charge is 0.361 e. The minimum Gasteiger partial charge on any atom is -0.361 e. The van der Waals surface area contributed by atoms with E-state index in [1.807, 2.05) is 47.5 Å². The van der Waals surface area contributed by atoms with Crippen LogP contribution in [0.1, 0.15) is 17.5 Å². The smallest absolute Gasteiger partial charge is 0.228 e. The predicted molar refractivity (Wildman–Crippen MR) is 82.0 cm³/mol. The summed E-state index contributed by atoms with van der Waals surface area (Å²) in [6.07, 6.45) is 5.04. The summed E-state index contributed by atoms with van der Waals surface area (Å²) in [5, 5.41) is 1.08. The van der Waals surface area contributed by atoms with Crippen molar-refractivity contribution < 1.29 is 4.79 Å². The van der Waals surface area contributed by atoms with Gasteiger partial charge in [0.25, 0.3) is 0 Å². The normalized spacial score (nSPS) is 14.5. The fourth-order valence-electron chi connectivity index (χ4n) is 2.95. The first kappa shape index (κ1) is 12.1. The lowest BCUT2D eigenvalue weighted by atomic mass is 10.1. The molecule has 4 nitrogen and oxygen atoms in total. The molecular formula is C17H15N3O. The molecular weight excluding hydrogens is 262 g/mol. The Morgan fingerprint density at radius 3 is 2.86 bits per heavy atom. The molecule has 2 aromatic heterocycles. The third-order valence-corrected chi connectivity index (χ3v) is 4.00. The third kappa shape index (κ3) is 2.00. The lowest BCUT2D eigenvalue weighted by Crippen LogP contribution is -2.30. The van der Waals surface area contributed by atoms with Crippen LogP contribution in [-0.2, 0) is 17.8 Å². The third-order valence-electron chi connectivity index (χ3n) is 4.00. The number of rotatable bonds is 2. The molecule has 3 aromatic rings. The van der Waals surface area contributed by atoms with E-state index in [1.54, 1.807) is 6.20 Å². The van der Waals surface area contributed by atoms with Crippen molar-refractivity contribution >= 4 is 22.6 Å². The number of aryl methyl sites for hydroxylation is 1. The van der Waals surface area contributed by atoms with Crippen LogP contribution < -0.4 is 4.90 Å². The van der Waals surface area contributed by atoms with Gasteiger partial charge in [0.1, 0.15) is 5.82 Å². The number of nitrogens with zero attached hydrogens (tertiary/aromatic N) is 2. The van der Waals surface area contributed by atoms with Gasteiger partial charge in [0, 0.05) is 24.2 Å². The average molecular weight is 277 g/mol. The Bertz CT molecular complexity index is 807. The first-order valence-corrected chi connectivity index (χ1v) is 7.12.